The van der Waals surface area contributed by atoms with Gasteiger partial charge in [-0.25, -0.2) is 0 Å². The van der Waals surface area contributed by atoms with Gasteiger partial charge in [0.25, 0.3) is 0 Å². The van der Waals surface area contributed by atoms with Crippen LogP contribution in [0.3, 0.4) is 0 Å². The molecule has 0 rings (SSSR count). The van der Waals surface area contributed by atoms with Gasteiger partial charge in [0.1, 0.15) is 0 Å². The first-order chi connectivity index (χ1) is 13.6. The van der Waals surface area contributed by atoms with E-state index in [1.165, 1.54) is 0 Å². The van der Waals surface area contributed by atoms with Gasteiger partial charge in [0.15, 0.2) is 0 Å². The van der Waals surface area contributed by atoms with E-state index in [0.717, 1.165) is 32.9 Å². The maximum absolute atomic E-state index is 16.6. The van der Waals surface area contributed by atoms with Gasteiger partial charge in [-0.15, -0.1) is 0 Å². The summed E-state index contributed by atoms with van der Waals surface area (Å²) in [7, 11) is 0. The van der Waals surface area contributed by atoms with Crippen LogP contribution in [0.2, 0.25) is 8.26 Å². The van der Waals surface area contributed by atoms with Crippen LogP contribution in [0.25, 0.3) is 0 Å². The molecule has 0 unspecified atom stereocenters. The Morgan fingerprint density at radius 1 is 0.839 bits per heavy atom. The number of allylic oxidation sites excluding steroid dienone is 5. The van der Waals surface area contributed by atoms with E-state index in [4.69, 9.17) is 5.78 Å². The monoisotopic (exact) mass is 515 g/mol. The second kappa shape index (κ2) is 6.41. The Labute approximate surface area is 177 Å². The molecule has 0 bridgehead atoms. The van der Waals surface area contributed by atoms with Crippen LogP contribution >= 0.6 is 0 Å². The molecule has 8 heteroatoms. The molecule has 0 aliphatic heterocycles. The summed E-state index contributed by atoms with van der Waals surface area (Å²) in [6, 6.07) is 0. The third-order valence-corrected chi connectivity index (χ3v) is 35.0. The van der Waals surface area contributed by atoms with Crippen LogP contribution < -0.4 is 0 Å². The molecule has 0 aliphatic rings. The zero-order chi connectivity index (χ0) is 25.3. The number of rotatable bonds is 13. The average molecular weight is 517 g/mol. The van der Waals surface area contributed by atoms with Gasteiger partial charge in [-0.2, -0.15) is 0 Å². The molecule has 0 spiro atoms. The van der Waals surface area contributed by atoms with Gasteiger partial charge in [-0.3, -0.25) is 0 Å². The second-order valence-corrected chi connectivity index (χ2v) is 35.8. The Hall–Kier alpha value is -1.73. The van der Waals surface area contributed by atoms with Gasteiger partial charge in [0, 0.05) is 0 Å². The van der Waals surface area contributed by atoms with Crippen LogP contribution in [0.4, 0.5) is 0 Å². The third kappa shape index (κ3) is 2.62. The normalized spacial score (nSPS) is 17.0. The fourth-order valence-corrected chi connectivity index (χ4v) is 31.3. The van der Waals surface area contributed by atoms with Crippen molar-refractivity contribution >= 4 is 10.5 Å². The number of carbonyl (C=O) groups excluding carboxylic acids is 3. The number of carbonyl (C=O) groups is 3. The molecule has 0 fully saturated rings. The van der Waals surface area contributed by atoms with E-state index in [-0.39, 0.29) is 0 Å². The topological polar surface area (TPSA) is 107 Å². The number of hydrogen-bond acceptors (Lipinski definition) is 7. The fraction of sp³-hybridized carbons (Fsp3) is 0.435. The molecule has 7 nitrogen and oxygen atoms in total. The van der Waals surface area contributed by atoms with Crippen LogP contribution in [0.1, 0.15) is 41.5 Å². The molecule has 0 radical (unpaired) electrons. The Morgan fingerprint density at radius 3 is 1.29 bits per heavy atom. The van der Waals surface area contributed by atoms with E-state index in [2.05, 4.69) is 32.9 Å². The van der Waals surface area contributed by atoms with E-state index in [1.54, 1.807) is 20.8 Å². The Bertz CT molecular complexity index is 1020. The SMILES string of the molecule is C=C[CH2][Zr](=[O])([CH2]C=C)([O]O)([O]CC(C)(C)C)([C](=O)C(=C)C)([C](=O)C(=C)C)[C](=O)C(=C)C. The zero-order valence-corrected chi connectivity index (χ0v) is 22.2. The van der Waals surface area contributed by atoms with E-state index in [1.807, 2.05) is 0 Å². The summed E-state index contributed by atoms with van der Waals surface area (Å²) in [5.41, 5.74) is -2.41. The maximum atomic E-state index is 16.6. The van der Waals surface area contributed by atoms with Crippen molar-refractivity contribution in [3.8, 4) is 0 Å². The first kappa shape index (κ1) is 29.3. The van der Waals surface area contributed by atoms with Crippen molar-refractivity contribution in [2.45, 2.75) is 49.8 Å². The van der Waals surface area contributed by atoms with Crippen LogP contribution in [0, 0.1) is 5.41 Å². The molecule has 0 aromatic rings. The quantitative estimate of drug-likeness (QED) is 0.148. The summed E-state index contributed by atoms with van der Waals surface area (Å²) >= 11 is -10.3. The van der Waals surface area contributed by atoms with E-state index < -0.39 is 62.7 Å². The van der Waals surface area contributed by atoms with Crippen LogP contribution in [0.5, 0.6) is 0 Å². The summed E-state index contributed by atoms with van der Waals surface area (Å²) in [6.45, 7) is 25.4. The molecule has 175 valence electrons. The standard InChI is InChI=1S/C5H11O.3C4H5O.2C3H5.H2O2.O.Zr/c1-5(2,3)4-6;3*1-4(2)3-5;2*1-3-2;1-2;;/h4H2,1-3H3;3*1H2,2H3;2*3H,1-2H2;1-2H;;/q-1;;;;;;;;+2/p-1. The van der Waals surface area contributed by atoms with E-state index >= 15 is 2.81 Å². The van der Waals surface area contributed by atoms with Gasteiger partial charge in [0.05, 0.1) is 0 Å². The summed E-state index contributed by atoms with van der Waals surface area (Å²) < 4.78 is 19.9. The second-order valence-electron chi connectivity index (χ2n) is 11.0. The van der Waals surface area contributed by atoms with Crippen molar-refractivity contribution in [1.29, 1.82) is 0 Å². The van der Waals surface area contributed by atoms with Crippen molar-refractivity contribution in [3.05, 3.63) is 61.8 Å². The van der Waals surface area contributed by atoms with Crippen molar-refractivity contribution in [2.75, 3.05) is 6.61 Å². The summed E-state index contributed by atoms with van der Waals surface area (Å²) in [5.74, 6) is 0. The summed E-state index contributed by atoms with van der Waals surface area (Å²) in [6.07, 6.45) is 1.76. The van der Waals surface area contributed by atoms with Crippen molar-refractivity contribution < 1.29 is 43.4 Å². The molecule has 1 N–H and O–H groups in total. The van der Waals surface area contributed by atoms with Gasteiger partial charge < -0.3 is 0 Å². The average Bonchev–Trinajstić information content (AvgIpc) is 2.66. The van der Waals surface area contributed by atoms with Gasteiger partial charge in [-0.1, -0.05) is 0 Å². The van der Waals surface area contributed by atoms with Crippen LogP contribution in [-0.4, -0.2) is 22.3 Å². The first-order valence-electron chi connectivity index (χ1n) is 9.95. The van der Waals surface area contributed by atoms with Crippen LogP contribution in [0.15, 0.2) is 61.8 Å². The first-order valence-corrected chi connectivity index (χ1v) is 20.1. The van der Waals surface area contributed by atoms with Gasteiger partial charge in [0.2, 0.25) is 0 Å². The van der Waals surface area contributed by atoms with Crippen molar-refractivity contribution in [3.63, 3.8) is 0 Å². The fourth-order valence-electron chi connectivity index (χ4n) is 5.29. The predicted molar refractivity (Wildman–Crippen MR) is 119 cm³/mol. The minimum atomic E-state index is -10.3. The molecular weight excluding hydrogens is 479 g/mol. The van der Waals surface area contributed by atoms with Crippen LogP contribution in [-0.2, 0) is 38.2 Å². The summed E-state index contributed by atoms with van der Waals surface area (Å²) in [4.78, 5) is 42.9. The summed E-state index contributed by atoms with van der Waals surface area (Å²) in [5, 5.41) is 10.8. The molecule has 0 amide bonds. The third-order valence-electron chi connectivity index (χ3n) is 6.72. The molecule has 31 heavy (non-hydrogen) atoms. The molecule has 0 aliphatic carbocycles. The van der Waals surface area contributed by atoms with Gasteiger partial charge >= 0.3 is 178 Å². The Morgan fingerprint density at radius 2 is 1.13 bits per heavy atom. The molecule has 0 saturated heterocycles. The minimum absolute atomic E-state index is 0.517. The van der Waals surface area contributed by atoms with Crippen molar-refractivity contribution in [2.24, 2.45) is 5.41 Å². The van der Waals surface area contributed by atoms with Crippen molar-refractivity contribution in [1.82, 2.24) is 0 Å². The molecule has 0 atom stereocenters. The van der Waals surface area contributed by atoms with Gasteiger partial charge in [-0.05, 0) is 0 Å². The molecule has 0 saturated carbocycles. The van der Waals surface area contributed by atoms with E-state index in [0.29, 0.717) is 0 Å². The predicted octanol–water partition coefficient (Wildman–Crippen LogP) is 5.53. The molecule has 0 heterocycles. The molecule has 0 aromatic heterocycles. The number of hydrogen-bond donors (Lipinski definition) is 1. The molecular formula is C23H37O7Zr. The molecule has 0 aromatic carbocycles. The zero-order valence-electron chi connectivity index (χ0n) is 19.7. The Balaban J connectivity index is 9.39. The van der Waals surface area contributed by atoms with E-state index in [9.17, 15) is 19.6 Å². The Kier molecular flexibility index (Phi) is 6.05.